The maximum atomic E-state index is 6.02. The van der Waals surface area contributed by atoms with Gasteiger partial charge in [-0.05, 0) is 50.7 Å². The van der Waals surface area contributed by atoms with Gasteiger partial charge in [-0.1, -0.05) is 6.92 Å². The molecule has 106 valence electrons. The number of ether oxygens (including phenoxy) is 1. The van der Waals surface area contributed by atoms with Crippen LogP contribution in [0.25, 0.3) is 0 Å². The van der Waals surface area contributed by atoms with Crippen molar-refractivity contribution < 1.29 is 4.74 Å². The molecule has 1 aliphatic carbocycles. The van der Waals surface area contributed by atoms with Crippen molar-refractivity contribution in [3.05, 3.63) is 18.3 Å². The maximum Gasteiger partial charge on any atom is 0.169 e. The van der Waals surface area contributed by atoms with Gasteiger partial charge in [-0.25, -0.2) is 4.98 Å². The summed E-state index contributed by atoms with van der Waals surface area (Å²) in [7, 11) is 0. The highest BCUT2D eigenvalue weighted by molar-refractivity contribution is 5.51. The Hall–Kier alpha value is -1.29. The molecule has 4 heteroatoms. The lowest BCUT2D eigenvalue weighted by atomic mass is 9.77. The number of hydrogen-bond donors (Lipinski definition) is 2. The molecule has 1 heterocycles. The molecule has 0 atom stereocenters. The van der Waals surface area contributed by atoms with Crippen LogP contribution in [0.5, 0.6) is 5.75 Å². The number of pyridine rings is 1. The highest BCUT2D eigenvalue weighted by Gasteiger charge is 2.33. The Kier molecular flexibility index (Phi) is 4.64. The second-order valence-corrected chi connectivity index (χ2v) is 5.58. The van der Waals surface area contributed by atoms with E-state index in [9.17, 15) is 0 Å². The normalized spacial score (nSPS) is 27.0. The van der Waals surface area contributed by atoms with Crippen LogP contribution in [0.15, 0.2) is 18.3 Å². The lowest BCUT2D eigenvalue weighted by molar-refractivity contribution is 0.269. The summed E-state index contributed by atoms with van der Waals surface area (Å²) in [5, 5.41) is 3.56. The van der Waals surface area contributed by atoms with Gasteiger partial charge in [-0.3, -0.25) is 0 Å². The number of nitrogens with one attached hydrogen (secondary N) is 1. The van der Waals surface area contributed by atoms with Gasteiger partial charge in [0, 0.05) is 12.7 Å². The number of rotatable bonds is 5. The minimum absolute atomic E-state index is 0.0211. The third-order valence-electron chi connectivity index (χ3n) is 4.08. The average Bonchev–Trinajstić information content (AvgIpc) is 2.44. The van der Waals surface area contributed by atoms with Crippen molar-refractivity contribution in [1.82, 2.24) is 4.98 Å². The molecule has 1 fully saturated rings. The van der Waals surface area contributed by atoms with Crippen LogP contribution in [-0.2, 0) is 0 Å². The minimum atomic E-state index is -0.0211. The van der Waals surface area contributed by atoms with Crippen molar-refractivity contribution in [3.8, 4) is 5.75 Å². The quantitative estimate of drug-likeness (QED) is 0.857. The average molecular weight is 263 g/mol. The third kappa shape index (κ3) is 3.38. The molecule has 0 bridgehead atoms. The monoisotopic (exact) mass is 263 g/mol. The number of aromatic nitrogens is 1. The van der Waals surface area contributed by atoms with E-state index >= 15 is 0 Å². The van der Waals surface area contributed by atoms with Crippen molar-refractivity contribution in [2.75, 3.05) is 18.5 Å². The van der Waals surface area contributed by atoms with Crippen molar-refractivity contribution in [2.45, 2.75) is 45.1 Å². The molecule has 1 aromatic heterocycles. The summed E-state index contributed by atoms with van der Waals surface area (Å²) in [6.07, 6.45) is 6.45. The summed E-state index contributed by atoms with van der Waals surface area (Å²) in [4.78, 5) is 4.41. The summed E-state index contributed by atoms with van der Waals surface area (Å²) < 4.78 is 5.62. The van der Waals surface area contributed by atoms with E-state index < -0.39 is 0 Å². The van der Waals surface area contributed by atoms with Crippen LogP contribution in [0.2, 0.25) is 0 Å². The first-order valence-corrected chi connectivity index (χ1v) is 7.25. The maximum absolute atomic E-state index is 6.02. The summed E-state index contributed by atoms with van der Waals surface area (Å²) >= 11 is 0. The Morgan fingerprint density at radius 2 is 2.21 bits per heavy atom. The van der Waals surface area contributed by atoms with Crippen molar-refractivity contribution in [1.29, 1.82) is 0 Å². The van der Waals surface area contributed by atoms with Crippen molar-refractivity contribution >= 4 is 5.82 Å². The molecular weight excluding hydrogens is 238 g/mol. The van der Waals surface area contributed by atoms with Gasteiger partial charge in [0.15, 0.2) is 11.6 Å². The van der Waals surface area contributed by atoms with Crippen LogP contribution < -0.4 is 15.8 Å². The molecule has 4 nitrogen and oxygen atoms in total. The topological polar surface area (TPSA) is 60.2 Å². The molecule has 19 heavy (non-hydrogen) atoms. The van der Waals surface area contributed by atoms with Crippen LogP contribution in [0.3, 0.4) is 0 Å². The van der Waals surface area contributed by atoms with E-state index in [0.29, 0.717) is 13.2 Å². The lowest BCUT2D eigenvalue weighted by Gasteiger charge is -2.40. The van der Waals surface area contributed by atoms with Crippen LogP contribution in [-0.4, -0.2) is 23.7 Å². The molecule has 0 aliphatic heterocycles. The van der Waals surface area contributed by atoms with Gasteiger partial charge in [0.2, 0.25) is 0 Å². The fraction of sp³-hybridized carbons (Fsp3) is 0.667. The zero-order valence-electron chi connectivity index (χ0n) is 12.0. The third-order valence-corrected chi connectivity index (χ3v) is 4.08. The summed E-state index contributed by atoms with van der Waals surface area (Å²) in [6.45, 7) is 5.58. The Balaban J connectivity index is 2.14. The molecule has 0 amide bonds. The fourth-order valence-corrected chi connectivity index (χ4v) is 2.70. The first-order valence-electron chi connectivity index (χ1n) is 7.25. The number of anilines is 1. The second kappa shape index (κ2) is 6.24. The minimum Gasteiger partial charge on any atom is -0.490 e. The van der Waals surface area contributed by atoms with E-state index in [4.69, 9.17) is 10.5 Å². The molecule has 2 rings (SSSR count). The van der Waals surface area contributed by atoms with Gasteiger partial charge >= 0.3 is 0 Å². The summed E-state index contributed by atoms with van der Waals surface area (Å²) in [6, 6.07) is 3.85. The Morgan fingerprint density at radius 3 is 2.84 bits per heavy atom. The zero-order valence-corrected chi connectivity index (χ0v) is 12.0. The molecular formula is C15H25N3O. The van der Waals surface area contributed by atoms with E-state index in [0.717, 1.165) is 30.3 Å². The highest BCUT2D eigenvalue weighted by Crippen LogP contribution is 2.35. The SMILES string of the molecule is CCOc1cccnc1NC1(CN)CCC(C)CC1. The molecule has 3 N–H and O–H groups in total. The molecule has 0 aromatic carbocycles. The molecule has 0 saturated heterocycles. The van der Waals surface area contributed by atoms with Crippen LogP contribution in [0.1, 0.15) is 39.5 Å². The lowest BCUT2D eigenvalue weighted by Crippen LogP contribution is -2.48. The summed E-state index contributed by atoms with van der Waals surface area (Å²) in [5.41, 5.74) is 6.00. The molecule has 1 aliphatic rings. The molecule has 0 unspecified atom stereocenters. The van der Waals surface area contributed by atoms with Gasteiger partial charge in [-0.15, -0.1) is 0 Å². The molecule has 0 radical (unpaired) electrons. The van der Waals surface area contributed by atoms with Crippen LogP contribution in [0, 0.1) is 5.92 Å². The Morgan fingerprint density at radius 1 is 1.47 bits per heavy atom. The number of nitrogens with zero attached hydrogens (tertiary/aromatic N) is 1. The highest BCUT2D eigenvalue weighted by atomic mass is 16.5. The van der Waals surface area contributed by atoms with Crippen LogP contribution >= 0.6 is 0 Å². The Bertz CT molecular complexity index is 400. The van der Waals surface area contributed by atoms with Crippen LogP contribution in [0.4, 0.5) is 5.82 Å². The van der Waals surface area contributed by atoms with E-state index in [1.54, 1.807) is 6.20 Å². The number of nitrogens with two attached hydrogens (primary N) is 1. The fourth-order valence-electron chi connectivity index (χ4n) is 2.70. The predicted molar refractivity (Wildman–Crippen MR) is 78.4 cm³/mol. The van der Waals surface area contributed by atoms with Crippen molar-refractivity contribution in [2.24, 2.45) is 11.7 Å². The zero-order chi connectivity index (χ0) is 13.7. The van der Waals surface area contributed by atoms with Crippen molar-refractivity contribution in [3.63, 3.8) is 0 Å². The van der Waals surface area contributed by atoms with E-state index in [1.807, 2.05) is 19.1 Å². The van der Waals surface area contributed by atoms with Gasteiger partial charge in [0.25, 0.3) is 0 Å². The van der Waals surface area contributed by atoms with Gasteiger partial charge in [-0.2, -0.15) is 0 Å². The van der Waals surface area contributed by atoms with Gasteiger partial charge in [0.1, 0.15) is 0 Å². The second-order valence-electron chi connectivity index (χ2n) is 5.58. The van der Waals surface area contributed by atoms with Gasteiger partial charge in [0.05, 0.1) is 12.1 Å². The Labute approximate surface area is 115 Å². The number of hydrogen-bond acceptors (Lipinski definition) is 4. The standard InChI is InChI=1S/C15H25N3O/c1-3-19-13-5-4-10-17-14(13)18-15(11-16)8-6-12(2)7-9-15/h4-5,10,12H,3,6-9,11,16H2,1-2H3,(H,17,18). The largest absolute Gasteiger partial charge is 0.490 e. The first-order chi connectivity index (χ1) is 9.19. The molecule has 1 aromatic rings. The van der Waals surface area contributed by atoms with E-state index in [1.165, 1.54) is 12.8 Å². The summed E-state index contributed by atoms with van der Waals surface area (Å²) in [5.74, 6) is 2.44. The van der Waals surface area contributed by atoms with E-state index in [2.05, 4.69) is 17.2 Å². The predicted octanol–water partition coefficient (Wildman–Crippen LogP) is 2.80. The molecule has 0 spiro atoms. The smallest absolute Gasteiger partial charge is 0.169 e. The molecule has 1 saturated carbocycles. The first kappa shape index (κ1) is 14.1. The van der Waals surface area contributed by atoms with E-state index in [-0.39, 0.29) is 5.54 Å². The van der Waals surface area contributed by atoms with Gasteiger partial charge < -0.3 is 15.8 Å².